The second kappa shape index (κ2) is 7.18. The average molecular weight is 477 g/mol. The predicted octanol–water partition coefficient (Wildman–Crippen LogP) is 5.73. The van der Waals surface area contributed by atoms with Crippen LogP contribution in [0.1, 0.15) is 12.8 Å². The maximum absolute atomic E-state index is 13.3. The minimum atomic E-state index is -8.59. The summed E-state index contributed by atoms with van der Waals surface area (Å²) in [6.45, 7) is -0.959. The summed E-state index contributed by atoms with van der Waals surface area (Å²) in [6.07, 6.45) is -11.6. The molecular formula is C11H8F17N. The van der Waals surface area contributed by atoms with Gasteiger partial charge >= 0.3 is 47.6 Å². The highest BCUT2D eigenvalue weighted by Gasteiger charge is 2.95. The van der Waals surface area contributed by atoms with Crippen LogP contribution in [-0.4, -0.2) is 54.2 Å². The van der Waals surface area contributed by atoms with Crippen molar-refractivity contribution < 1.29 is 74.6 Å². The lowest BCUT2D eigenvalue weighted by molar-refractivity contribution is -0.461. The molecule has 0 radical (unpaired) electrons. The van der Waals surface area contributed by atoms with Crippen molar-refractivity contribution in [3.05, 3.63) is 0 Å². The standard InChI is InChI=1S/C11H8F17N/c12-4(13,2-1-3-29)5(14,15)6(16,17)7(18,19)8(20,21)9(22,23)10(24,25)11(26,27)28/h1-3,29H2. The van der Waals surface area contributed by atoms with Crippen LogP contribution >= 0.6 is 0 Å². The molecule has 0 rings (SSSR count). The zero-order chi connectivity index (χ0) is 24.1. The molecule has 2 N–H and O–H groups in total. The Morgan fingerprint density at radius 3 is 0.966 bits per heavy atom. The number of rotatable bonds is 9. The quantitative estimate of drug-likeness (QED) is 0.422. The van der Waals surface area contributed by atoms with Gasteiger partial charge in [0.15, 0.2) is 0 Å². The highest BCUT2D eigenvalue weighted by Crippen LogP contribution is 2.64. The van der Waals surface area contributed by atoms with Gasteiger partial charge in [-0.15, -0.1) is 0 Å². The molecule has 0 aliphatic rings. The van der Waals surface area contributed by atoms with Gasteiger partial charge in [0.1, 0.15) is 0 Å². The Bertz CT molecular complexity index is 574. The lowest BCUT2D eigenvalue weighted by atomic mass is 9.88. The summed E-state index contributed by atoms with van der Waals surface area (Å²) < 4.78 is 218. The lowest BCUT2D eigenvalue weighted by Gasteiger charge is -2.42. The Morgan fingerprint density at radius 1 is 0.414 bits per heavy atom. The second-order valence-corrected chi connectivity index (χ2v) is 5.54. The van der Waals surface area contributed by atoms with E-state index < -0.39 is 67.0 Å². The van der Waals surface area contributed by atoms with Gasteiger partial charge in [-0.3, -0.25) is 0 Å². The van der Waals surface area contributed by atoms with E-state index in [9.17, 15) is 74.6 Å². The van der Waals surface area contributed by atoms with E-state index in [2.05, 4.69) is 5.73 Å². The van der Waals surface area contributed by atoms with Gasteiger partial charge in [0.05, 0.1) is 0 Å². The van der Waals surface area contributed by atoms with Gasteiger partial charge in [-0.25, -0.2) is 0 Å². The van der Waals surface area contributed by atoms with Gasteiger partial charge in [-0.2, -0.15) is 74.6 Å². The number of halogens is 17. The third-order valence-corrected chi connectivity index (χ3v) is 3.48. The fourth-order valence-electron chi connectivity index (χ4n) is 1.68. The summed E-state index contributed by atoms with van der Waals surface area (Å²) in [5.41, 5.74) is 4.57. The van der Waals surface area contributed by atoms with Crippen molar-refractivity contribution in [2.24, 2.45) is 5.73 Å². The van der Waals surface area contributed by atoms with Crippen molar-refractivity contribution in [3.63, 3.8) is 0 Å². The normalized spacial score (nSPS) is 16.3. The van der Waals surface area contributed by atoms with Crippen LogP contribution in [0.3, 0.4) is 0 Å². The van der Waals surface area contributed by atoms with Crippen LogP contribution in [0.15, 0.2) is 0 Å². The molecule has 176 valence electrons. The van der Waals surface area contributed by atoms with Gasteiger partial charge in [0, 0.05) is 6.42 Å². The third-order valence-electron chi connectivity index (χ3n) is 3.48. The first-order valence-electron chi connectivity index (χ1n) is 6.72. The Labute approximate surface area is 149 Å². The summed E-state index contributed by atoms with van der Waals surface area (Å²) in [5, 5.41) is 0. The number of nitrogens with two attached hydrogens (primary N) is 1. The van der Waals surface area contributed by atoms with Crippen molar-refractivity contribution in [3.8, 4) is 0 Å². The first kappa shape index (κ1) is 27.8. The SMILES string of the molecule is NCCCC(F)(F)C(F)(F)C(F)(F)C(F)(F)C(F)(F)C(F)(F)C(F)(F)C(F)(F)F. The monoisotopic (exact) mass is 477 g/mol. The summed E-state index contributed by atoms with van der Waals surface area (Å²) in [6, 6.07) is 0. The van der Waals surface area contributed by atoms with Crippen LogP contribution in [0, 0.1) is 0 Å². The summed E-state index contributed by atoms with van der Waals surface area (Å²) in [4.78, 5) is 0. The second-order valence-electron chi connectivity index (χ2n) is 5.54. The van der Waals surface area contributed by atoms with Crippen molar-refractivity contribution in [2.75, 3.05) is 6.54 Å². The maximum Gasteiger partial charge on any atom is 0.460 e. The molecular weight excluding hydrogens is 469 g/mol. The molecule has 0 aliphatic heterocycles. The fraction of sp³-hybridized carbons (Fsp3) is 1.00. The van der Waals surface area contributed by atoms with Crippen molar-refractivity contribution in [1.82, 2.24) is 0 Å². The molecule has 0 heterocycles. The molecule has 1 nitrogen and oxygen atoms in total. The van der Waals surface area contributed by atoms with Gasteiger partial charge in [-0.05, 0) is 13.0 Å². The molecule has 0 aliphatic carbocycles. The highest BCUT2D eigenvalue weighted by molar-refractivity contribution is 5.15. The molecule has 0 amide bonds. The molecule has 0 saturated carbocycles. The van der Waals surface area contributed by atoms with E-state index in [1.165, 1.54) is 0 Å². The number of hydrogen-bond acceptors (Lipinski definition) is 1. The molecule has 18 heteroatoms. The van der Waals surface area contributed by atoms with Gasteiger partial charge in [0.25, 0.3) is 0 Å². The van der Waals surface area contributed by atoms with E-state index in [4.69, 9.17) is 0 Å². The topological polar surface area (TPSA) is 26.0 Å². The Hall–Kier alpha value is -1.23. The van der Waals surface area contributed by atoms with Crippen LogP contribution in [0.4, 0.5) is 74.6 Å². The van der Waals surface area contributed by atoms with Crippen LogP contribution < -0.4 is 5.73 Å². The van der Waals surface area contributed by atoms with E-state index in [1.54, 1.807) is 0 Å². The molecule has 0 aromatic rings. The van der Waals surface area contributed by atoms with E-state index in [0.717, 1.165) is 0 Å². The predicted molar refractivity (Wildman–Crippen MR) is 59.0 cm³/mol. The largest absolute Gasteiger partial charge is 0.460 e. The summed E-state index contributed by atoms with van der Waals surface area (Å²) in [7, 11) is 0. The molecule has 0 bridgehead atoms. The smallest absolute Gasteiger partial charge is 0.330 e. The van der Waals surface area contributed by atoms with E-state index in [0.29, 0.717) is 0 Å². The zero-order valence-electron chi connectivity index (χ0n) is 13.1. The number of alkyl halides is 17. The maximum atomic E-state index is 13.3. The van der Waals surface area contributed by atoms with Crippen LogP contribution in [0.2, 0.25) is 0 Å². The average Bonchev–Trinajstić information content (AvgIpc) is 2.50. The van der Waals surface area contributed by atoms with Crippen LogP contribution in [0.5, 0.6) is 0 Å². The van der Waals surface area contributed by atoms with Crippen LogP contribution in [0.25, 0.3) is 0 Å². The molecule has 29 heavy (non-hydrogen) atoms. The van der Waals surface area contributed by atoms with Gasteiger partial charge in [-0.1, -0.05) is 0 Å². The van der Waals surface area contributed by atoms with Gasteiger partial charge in [0.2, 0.25) is 0 Å². The van der Waals surface area contributed by atoms with Crippen molar-refractivity contribution >= 4 is 0 Å². The van der Waals surface area contributed by atoms with E-state index in [-0.39, 0.29) is 0 Å². The first-order valence-corrected chi connectivity index (χ1v) is 6.72. The summed E-state index contributed by atoms with van der Waals surface area (Å²) >= 11 is 0. The minimum Gasteiger partial charge on any atom is -0.330 e. The Kier molecular flexibility index (Phi) is 6.87. The Morgan fingerprint density at radius 2 is 0.690 bits per heavy atom. The molecule has 0 unspecified atom stereocenters. The van der Waals surface area contributed by atoms with E-state index >= 15 is 0 Å². The van der Waals surface area contributed by atoms with Crippen molar-refractivity contribution in [2.45, 2.75) is 60.5 Å². The molecule has 0 aromatic carbocycles. The van der Waals surface area contributed by atoms with E-state index in [1.807, 2.05) is 0 Å². The zero-order valence-corrected chi connectivity index (χ0v) is 13.1. The summed E-state index contributed by atoms with van der Waals surface area (Å²) in [5.74, 6) is -55.9. The fourth-order valence-corrected chi connectivity index (χ4v) is 1.68. The molecule has 0 saturated heterocycles. The van der Waals surface area contributed by atoms with Gasteiger partial charge < -0.3 is 5.73 Å². The lowest BCUT2D eigenvalue weighted by Crippen LogP contribution is -2.74. The molecule has 0 fully saturated rings. The molecule has 0 atom stereocenters. The first-order chi connectivity index (χ1) is 12.3. The van der Waals surface area contributed by atoms with Crippen molar-refractivity contribution in [1.29, 1.82) is 0 Å². The third kappa shape index (κ3) is 3.68. The minimum absolute atomic E-state index is 0.959. The van der Waals surface area contributed by atoms with Crippen LogP contribution in [-0.2, 0) is 0 Å². The highest BCUT2D eigenvalue weighted by atomic mass is 19.4. The Balaban J connectivity index is 6.57. The molecule has 0 aromatic heterocycles. The molecule has 0 spiro atoms. The number of hydrogen-bond donors (Lipinski definition) is 1.